The van der Waals surface area contributed by atoms with Crippen LogP contribution in [0.2, 0.25) is 5.02 Å². The summed E-state index contributed by atoms with van der Waals surface area (Å²) >= 11 is 7.41. The molecule has 0 fully saturated rings. The minimum Gasteiger partial charge on any atom is -0.398 e. The van der Waals surface area contributed by atoms with Crippen LogP contribution in [0, 0.1) is 0 Å². The molecule has 0 unspecified atom stereocenters. The summed E-state index contributed by atoms with van der Waals surface area (Å²) in [5, 5.41) is 5.41. The number of halogens is 1. The second kappa shape index (κ2) is 5.42. The zero-order valence-electron chi connectivity index (χ0n) is 9.81. The Labute approximate surface area is 115 Å². The number of rotatable bonds is 3. The molecule has 0 spiro atoms. The number of hydrogen-bond donors (Lipinski definition) is 2. The lowest BCUT2D eigenvalue weighted by molar-refractivity contribution is 0.0941. The lowest BCUT2D eigenvalue weighted by Crippen LogP contribution is -2.26. The fraction of sp³-hybridized carbons (Fsp3) is 0.154. The zero-order valence-corrected chi connectivity index (χ0v) is 11.4. The van der Waals surface area contributed by atoms with Gasteiger partial charge in [0.25, 0.3) is 5.91 Å². The molecule has 2 rings (SSSR count). The molecule has 5 heteroatoms. The Kier molecular flexibility index (Phi) is 3.89. The van der Waals surface area contributed by atoms with E-state index in [1.165, 1.54) is 0 Å². The minimum absolute atomic E-state index is 0.0346. The quantitative estimate of drug-likeness (QED) is 0.846. The van der Waals surface area contributed by atoms with E-state index in [4.69, 9.17) is 17.3 Å². The number of benzene rings is 1. The standard InChI is InChI=1S/C13H13ClN2OS/c1-8(12-3-2-6-18-12)16-13(17)10-5-4-9(14)7-11(10)15/h2-8H,15H2,1H3,(H,16,17)/t8-/m1/s1. The highest BCUT2D eigenvalue weighted by Gasteiger charge is 2.14. The molecule has 0 saturated heterocycles. The summed E-state index contributed by atoms with van der Waals surface area (Å²) in [5.74, 6) is -0.190. The summed E-state index contributed by atoms with van der Waals surface area (Å²) < 4.78 is 0. The number of carbonyl (C=O) groups excluding carboxylic acids is 1. The van der Waals surface area contributed by atoms with Crippen LogP contribution >= 0.6 is 22.9 Å². The fourth-order valence-corrected chi connectivity index (χ4v) is 2.54. The first-order valence-corrected chi connectivity index (χ1v) is 6.73. The number of nitrogens with one attached hydrogen (secondary N) is 1. The van der Waals surface area contributed by atoms with Crippen molar-refractivity contribution in [2.75, 3.05) is 5.73 Å². The Morgan fingerprint density at radius 2 is 2.22 bits per heavy atom. The summed E-state index contributed by atoms with van der Waals surface area (Å²) in [4.78, 5) is 13.2. The second-order valence-corrected chi connectivity index (χ2v) is 5.36. The smallest absolute Gasteiger partial charge is 0.253 e. The Hall–Kier alpha value is -1.52. The van der Waals surface area contributed by atoms with Gasteiger partial charge >= 0.3 is 0 Å². The van der Waals surface area contributed by atoms with Crippen molar-refractivity contribution < 1.29 is 4.79 Å². The van der Waals surface area contributed by atoms with Gasteiger partial charge in [-0.2, -0.15) is 0 Å². The fourth-order valence-electron chi connectivity index (χ4n) is 1.62. The van der Waals surface area contributed by atoms with E-state index in [1.807, 2.05) is 24.4 Å². The van der Waals surface area contributed by atoms with E-state index >= 15 is 0 Å². The third-order valence-corrected chi connectivity index (χ3v) is 3.87. The molecule has 0 aliphatic heterocycles. The average molecular weight is 281 g/mol. The zero-order chi connectivity index (χ0) is 13.1. The number of hydrogen-bond acceptors (Lipinski definition) is 3. The maximum Gasteiger partial charge on any atom is 0.253 e. The predicted octanol–water partition coefficient (Wildman–Crippen LogP) is 3.47. The Bertz CT molecular complexity index is 554. The number of nitrogen functional groups attached to an aromatic ring is 1. The van der Waals surface area contributed by atoms with Crippen molar-refractivity contribution in [3.63, 3.8) is 0 Å². The number of nitrogens with two attached hydrogens (primary N) is 1. The number of thiophene rings is 1. The molecule has 94 valence electrons. The maximum atomic E-state index is 12.1. The largest absolute Gasteiger partial charge is 0.398 e. The Morgan fingerprint density at radius 1 is 1.44 bits per heavy atom. The van der Waals surface area contributed by atoms with Gasteiger partial charge in [0.2, 0.25) is 0 Å². The Balaban J connectivity index is 2.12. The van der Waals surface area contributed by atoms with Crippen molar-refractivity contribution in [2.45, 2.75) is 13.0 Å². The van der Waals surface area contributed by atoms with Crippen LogP contribution in [0.15, 0.2) is 35.7 Å². The molecule has 1 aromatic carbocycles. The SMILES string of the molecule is C[C@@H](NC(=O)c1ccc(Cl)cc1N)c1cccs1. The van der Waals surface area contributed by atoms with Crippen LogP contribution in [0.25, 0.3) is 0 Å². The van der Waals surface area contributed by atoms with Crippen LogP contribution in [0.4, 0.5) is 5.69 Å². The van der Waals surface area contributed by atoms with E-state index in [0.717, 1.165) is 4.88 Å². The van der Waals surface area contributed by atoms with Gasteiger partial charge in [0, 0.05) is 15.6 Å². The highest BCUT2D eigenvalue weighted by molar-refractivity contribution is 7.10. The number of anilines is 1. The van der Waals surface area contributed by atoms with Crippen LogP contribution in [0.5, 0.6) is 0 Å². The summed E-state index contributed by atoms with van der Waals surface area (Å²) in [6, 6.07) is 8.77. The molecular formula is C13H13ClN2OS. The van der Waals surface area contributed by atoms with Gasteiger partial charge in [-0.1, -0.05) is 17.7 Å². The van der Waals surface area contributed by atoms with E-state index in [9.17, 15) is 4.79 Å². The highest BCUT2D eigenvalue weighted by atomic mass is 35.5. The minimum atomic E-state index is -0.190. The van der Waals surface area contributed by atoms with Crippen molar-refractivity contribution in [1.29, 1.82) is 0 Å². The first kappa shape index (κ1) is 12.9. The van der Waals surface area contributed by atoms with E-state index in [0.29, 0.717) is 16.3 Å². The summed E-state index contributed by atoms with van der Waals surface area (Å²) in [6.45, 7) is 1.94. The topological polar surface area (TPSA) is 55.1 Å². The van der Waals surface area contributed by atoms with Crippen molar-refractivity contribution >= 4 is 34.5 Å². The molecular weight excluding hydrogens is 268 g/mol. The summed E-state index contributed by atoms with van der Waals surface area (Å²) in [5.41, 5.74) is 6.61. The molecule has 0 aliphatic rings. The summed E-state index contributed by atoms with van der Waals surface area (Å²) in [6.07, 6.45) is 0. The molecule has 1 atom stereocenters. The van der Waals surface area contributed by atoms with Crippen LogP contribution in [0.3, 0.4) is 0 Å². The van der Waals surface area contributed by atoms with Crippen LogP contribution in [0.1, 0.15) is 28.2 Å². The van der Waals surface area contributed by atoms with Crippen LogP contribution < -0.4 is 11.1 Å². The van der Waals surface area contributed by atoms with Gasteiger partial charge in [-0.25, -0.2) is 0 Å². The third kappa shape index (κ3) is 2.83. The first-order chi connectivity index (χ1) is 8.58. The van der Waals surface area contributed by atoms with Gasteiger partial charge in [0.15, 0.2) is 0 Å². The van der Waals surface area contributed by atoms with Crippen LogP contribution in [-0.2, 0) is 0 Å². The summed E-state index contributed by atoms with van der Waals surface area (Å²) in [7, 11) is 0. The molecule has 0 aliphatic carbocycles. The molecule has 18 heavy (non-hydrogen) atoms. The highest BCUT2D eigenvalue weighted by Crippen LogP contribution is 2.21. The lowest BCUT2D eigenvalue weighted by atomic mass is 10.1. The normalized spacial score (nSPS) is 12.1. The van der Waals surface area contributed by atoms with Crippen molar-refractivity contribution in [3.05, 3.63) is 51.2 Å². The second-order valence-electron chi connectivity index (χ2n) is 3.94. The molecule has 3 nitrogen and oxygen atoms in total. The van der Waals surface area contributed by atoms with Crippen LogP contribution in [-0.4, -0.2) is 5.91 Å². The molecule has 1 aromatic heterocycles. The first-order valence-electron chi connectivity index (χ1n) is 5.47. The van der Waals surface area contributed by atoms with E-state index in [-0.39, 0.29) is 11.9 Å². The molecule has 0 saturated carbocycles. The van der Waals surface area contributed by atoms with Gasteiger partial charge in [-0.05, 0) is 36.6 Å². The van der Waals surface area contributed by atoms with Gasteiger partial charge in [0.1, 0.15) is 0 Å². The predicted molar refractivity (Wildman–Crippen MR) is 76.1 cm³/mol. The van der Waals surface area contributed by atoms with Gasteiger partial charge < -0.3 is 11.1 Å². The van der Waals surface area contributed by atoms with E-state index in [1.54, 1.807) is 29.5 Å². The third-order valence-electron chi connectivity index (χ3n) is 2.58. The van der Waals surface area contributed by atoms with Gasteiger partial charge in [-0.3, -0.25) is 4.79 Å². The monoisotopic (exact) mass is 280 g/mol. The Morgan fingerprint density at radius 3 is 2.83 bits per heavy atom. The molecule has 1 amide bonds. The molecule has 3 N–H and O–H groups in total. The molecule has 2 aromatic rings. The number of carbonyl (C=O) groups is 1. The van der Waals surface area contributed by atoms with E-state index < -0.39 is 0 Å². The molecule has 0 radical (unpaired) electrons. The number of amides is 1. The maximum absolute atomic E-state index is 12.1. The average Bonchev–Trinajstić information content (AvgIpc) is 2.81. The molecule has 0 bridgehead atoms. The van der Waals surface area contributed by atoms with Crippen molar-refractivity contribution in [1.82, 2.24) is 5.32 Å². The van der Waals surface area contributed by atoms with Crippen molar-refractivity contribution in [2.24, 2.45) is 0 Å². The van der Waals surface area contributed by atoms with Gasteiger partial charge in [-0.15, -0.1) is 11.3 Å². The van der Waals surface area contributed by atoms with Gasteiger partial charge in [0.05, 0.1) is 11.6 Å². The van der Waals surface area contributed by atoms with Crippen molar-refractivity contribution in [3.8, 4) is 0 Å². The van der Waals surface area contributed by atoms with E-state index in [2.05, 4.69) is 5.32 Å². The molecule has 1 heterocycles. The lowest BCUT2D eigenvalue weighted by Gasteiger charge is -2.13.